The number of imidazole rings is 1. The van der Waals surface area contributed by atoms with Gasteiger partial charge in [0.2, 0.25) is 0 Å². The Kier molecular flexibility index (Phi) is 2.52. The van der Waals surface area contributed by atoms with Crippen molar-refractivity contribution < 1.29 is 24.3 Å². The van der Waals surface area contributed by atoms with Crippen LogP contribution in [0.5, 0.6) is 0 Å². The van der Waals surface area contributed by atoms with E-state index < -0.39 is 17.6 Å². The normalized spacial score (nSPS) is 9.43. The molecule has 0 bridgehead atoms. The number of carboxylic acid groups (broad SMARTS) is 1. The fourth-order valence-electron chi connectivity index (χ4n) is 0.949. The lowest BCUT2D eigenvalue weighted by Gasteiger charge is -1.96. The average molecular weight is 196 g/mol. The third-order valence-corrected chi connectivity index (χ3v) is 1.49. The number of aromatic nitrogens is 2. The second kappa shape index (κ2) is 3.60. The van der Waals surface area contributed by atoms with Crippen LogP contribution in [0.15, 0.2) is 0 Å². The van der Waals surface area contributed by atoms with Gasteiger partial charge in [-0.1, -0.05) is 0 Å². The van der Waals surface area contributed by atoms with Gasteiger partial charge in [0.1, 0.15) is 11.4 Å². The predicted octanol–water partition coefficient (Wildman–Crippen LogP) is -0.153. The Hall–Kier alpha value is -2.31. The molecular formula is C7H4N2O5. The molecule has 1 N–H and O–H groups in total. The Balaban J connectivity index is 3.56. The SMILES string of the molecule is O=Cc1nc(C=O)n(C(=O)O)c1C=O. The molecule has 72 valence electrons. The van der Waals surface area contributed by atoms with Gasteiger partial charge in [-0.25, -0.2) is 14.3 Å². The van der Waals surface area contributed by atoms with E-state index in [4.69, 9.17) is 5.11 Å². The van der Waals surface area contributed by atoms with Crippen molar-refractivity contribution in [2.24, 2.45) is 0 Å². The first kappa shape index (κ1) is 9.78. The lowest BCUT2D eigenvalue weighted by Crippen LogP contribution is -2.14. The van der Waals surface area contributed by atoms with Crippen LogP contribution in [-0.2, 0) is 0 Å². The van der Waals surface area contributed by atoms with Crippen molar-refractivity contribution in [2.75, 3.05) is 0 Å². The summed E-state index contributed by atoms with van der Waals surface area (Å²) < 4.78 is 0.351. The smallest absolute Gasteiger partial charge is 0.417 e. The molecule has 0 saturated heterocycles. The molecule has 0 spiro atoms. The molecule has 0 aliphatic heterocycles. The summed E-state index contributed by atoms with van der Waals surface area (Å²) in [5.41, 5.74) is -0.820. The molecule has 1 aromatic rings. The van der Waals surface area contributed by atoms with Crippen LogP contribution >= 0.6 is 0 Å². The molecule has 0 aliphatic carbocycles. The fraction of sp³-hybridized carbons (Fsp3) is 0. The molecular weight excluding hydrogens is 192 g/mol. The molecule has 0 unspecified atom stereocenters. The van der Waals surface area contributed by atoms with Crippen LogP contribution in [0, 0.1) is 0 Å². The molecule has 0 aliphatic rings. The highest BCUT2D eigenvalue weighted by atomic mass is 16.4. The maximum absolute atomic E-state index is 10.6. The minimum Gasteiger partial charge on any atom is -0.464 e. The van der Waals surface area contributed by atoms with Gasteiger partial charge < -0.3 is 5.11 Å². The molecule has 0 amide bonds. The first-order chi connectivity index (χ1) is 6.65. The summed E-state index contributed by atoms with van der Waals surface area (Å²) in [6, 6.07) is 0. The van der Waals surface area contributed by atoms with Crippen LogP contribution in [0.3, 0.4) is 0 Å². The summed E-state index contributed by atoms with van der Waals surface area (Å²) in [7, 11) is 0. The van der Waals surface area contributed by atoms with Gasteiger partial charge in [-0.3, -0.25) is 14.4 Å². The molecule has 0 radical (unpaired) electrons. The van der Waals surface area contributed by atoms with Crippen LogP contribution in [0.2, 0.25) is 0 Å². The summed E-state index contributed by atoms with van der Waals surface area (Å²) >= 11 is 0. The van der Waals surface area contributed by atoms with Gasteiger partial charge in [0, 0.05) is 0 Å². The van der Waals surface area contributed by atoms with Gasteiger partial charge in [-0.15, -0.1) is 0 Å². The largest absolute Gasteiger partial charge is 0.464 e. The van der Waals surface area contributed by atoms with E-state index in [9.17, 15) is 19.2 Å². The van der Waals surface area contributed by atoms with Crippen molar-refractivity contribution >= 4 is 25.0 Å². The lowest BCUT2D eigenvalue weighted by atomic mass is 10.4. The van der Waals surface area contributed by atoms with E-state index in [2.05, 4.69) is 4.98 Å². The summed E-state index contributed by atoms with van der Waals surface area (Å²) in [5, 5.41) is 8.61. The average Bonchev–Trinajstić information content (AvgIpc) is 2.54. The molecule has 14 heavy (non-hydrogen) atoms. The zero-order valence-corrected chi connectivity index (χ0v) is 6.71. The summed E-state index contributed by atoms with van der Waals surface area (Å²) in [6.07, 6.45) is -1.04. The number of hydrogen-bond donors (Lipinski definition) is 1. The summed E-state index contributed by atoms with van der Waals surface area (Å²) in [5.74, 6) is -0.498. The van der Waals surface area contributed by atoms with Crippen LogP contribution in [-0.4, -0.2) is 39.6 Å². The van der Waals surface area contributed by atoms with E-state index in [1.807, 2.05) is 0 Å². The van der Waals surface area contributed by atoms with Gasteiger partial charge in [0.25, 0.3) is 0 Å². The van der Waals surface area contributed by atoms with E-state index >= 15 is 0 Å². The van der Waals surface area contributed by atoms with E-state index in [1.54, 1.807) is 0 Å². The molecule has 0 fully saturated rings. The van der Waals surface area contributed by atoms with Crippen molar-refractivity contribution in [3.63, 3.8) is 0 Å². The fourth-order valence-corrected chi connectivity index (χ4v) is 0.949. The van der Waals surface area contributed by atoms with E-state index in [1.165, 1.54) is 0 Å². The zero-order chi connectivity index (χ0) is 10.7. The molecule has 1 heterocycles. The number of aldehydes is 3. The van der Waals surface area contributed by atoms with Crippen LogP contribution in [0.4, 0.5) is 4.79 Å². The van der Waals surface area contributed by atoms with Crippen molar-refractivity contribution in [1.82, 2.24) is 9.55 Å². The maximum Gasteiger partial charge on any atom is 0.417 e. The van der Waals surface area contributed by atoms with E-state index in [0.717, 1.165) is 0 Å². The minimum atomic E-state index is -1.55. The first-order valence-corrected chi connectivity index (χ1v) is 3.37. The third kappa shape index (κ3) is 1.30. The minimum absolute atomic E-state index is 0.147. The number of nitrogens with zero attached hydrogens (tertiary/aromatic N) is 2. The van der Waals surface area contributed by atoms with Crippen LogP contribution in [0.1, 0.15) is 31.6 Å². The second-order valence-electron chi connectivity index (χ2n) is 2.21. The molecule has 0 saturated carbocycles. The van der Waals surface area contributed by atoms with Crippen molar-refractivity contribution in [3.05, 3.63) is 17.2 Å². The van der Waals surface area contributed by atoms with Gasteiger partial charge in [-0.05, 0) is 0 Å². The number of rotatable bonds is 3. The highest BCUT2D eigenvalue weighted by Crippen LogP contribution is 2.06. The van der Waals surface area contributed by atoms with Crippen LogP contribution in [0.25, 0.3) is 0 Å². The molecule has 0 aromatic carbocycles. The highest BCUT2D eigenvalue weighted by molar-refractivity contribution is 5.94. The van der Waals surface area contributed by atoms with Gasteiger partial charge in [0.05, 0.1) is 0 Å². The first-order valence-electron chi connectivity index (χ1n) is 3.37. The predicted molar refractivity (Wildman–Crippen MR) is 41.8 cm³/mol. The Bertz CT molecular complexity index is 420. The second-order valence-corrected chi connectivity index (χ2v) is 2.21. The molecule has 7 nitrogen and oxygen atoms in total. The van der Waals surface area contributed by atoms with Gasteiger partial charge in [-0.2, -0.15) is 0 Å². The Morgan fingerprint density at radius 3 is 2.21 bits per heavy atom. The topological polar surface area (TPSA) is 106 Å². The van der Waals surface area contributed by atoms with Crippen molar-refractivity contribution in [2.45, 2.75) is 0 Å². The number of carbonyl (C=O) groups excluding carboxylic acids is 3. The Morgan fingerprint density at radius 1 is 1.21 bits per heavy atom. The zero-order valence-electron chi connectivity index (χ0n) is 6.71. The van der Waals surface area contributed by atoms with E-state index in [-0.39, 0.29) is 24.6 Å². The maximum atomic E-state index is 10.6. The summed E-state index contributed by atoms with van der Waals surface area (Å²) in [6.45, 7) is 0. The Morgan fingerprint density at radius 2 is 1.86 bits per heavy atom. The van der Waals surface area contributed by atoms with Crippen LogP contribution < -0.4 is 0 Å². The standard InChI is InChI=1S/C7H4N2O5/c10-1-4-5(2-11)9(7(13)14)6(3-12)8-4/h1-3H,(H,13,14). The Labute approximate surface area is 77.0 Å². The number of hydrogen-bond acceptors (Lipinski definition) is 5. The highest BCUT2D eigenvalue weighted by Gasteiger charge is 2.19. The van der Waals surface area contributed by atoms with E-state index in [0.29, 0.717) is 4.57 Å². The lowest BCUT2D eigenvalue weighted by molar-refractivity contribution is 0.108. The number of carbonyl (C=O) groups is 4. The monoisotopic (exact) mass is 196 g/mol. The summed E-state index contributed by atoms with van der Waals surface area (Å²) in [4.78, 5) is 45.1. The molecule has 1 aromatic heterocycles. The van der Waals surface area contributed by atoms with Crippen molar-refractivity contribution in [1.29, 1.82) is 0 Å². The van der Waals surface area contributed by atoms with Gasteiger partial charge in [0.15, 0.2) is 24.7 Å². The van der Waals surface area contributed by atoms with Gasteiger partial charge >= 0.3 is 6.09 Å². The molecule has 0 atom stereocenters. The molecule has 1 rings (SSSR count). The molecule has 7 heteroatoms. The van der Waals surface area contributed by atoms with Crippen molar-refractivity contribution in [3.8, 4) is 0 Å². The third-order valence-electron chi connectivity index (χ3n) is 1.49. The quantitative estimate of drug-likeness (QED) is 0.673.